The third kappa shape index (κ3) is 18.1. The Hall–Kier alpha value is 0.883. The molecular formula is CH8O7P2Zn. The molecule has 0 saturated heterocycles. The Labute approximate surface area is 76.0 Å². The van der Waals surface area contributed by atoms with E-state index in [2.05, 4.69) is 4.31 Å². The summed E-state index contributed by atoms with van der Waals surface area (Å²) in [6.07, 6.45) is 0. The molecule has 0 aromatic carbocycles. The van der Waals surface area contributed by atoms with Gasteiger partial charge in [-0.2, -0.15) is 4.31 Å². The van der Waals surface area contributed by atoms with Gasteiger partial charge in [0.2, 0.25) is 0 Å². The normalized spacial score (nSPS) is 11.3. The van der Waals surface area contributed by atoms with Crippen LogP contribution in [0.25, 0.3) is 0 Å². The maximum atomic E-state index is 9.63. The van der Waals surface area contributed by atoms with Crippen LogP contribution >= 0.6 is 15.6 Å². The molecular weight excluding hydrogens is 251 g/mol. The van der Waals surface area contributed by atoms with Crippen molar-refractivity contribution < 1.29 is 52.5 Å². The van der Waals surface area contributed by atoms with Gasteiger partial charge < -0.3 is 19.6 Å². The Balaban J connectivity index is -0.000000320. The molecule has 0 aromatic rings. The Morgan fingerprint density at radius 2 is 1.09 bits per heavy atom. The van der Waals surface area contributed by atoms with E-state index in [0.29, 0.717) is 0 Å². The summed E-state index contributed by atoms with van der Waals surface area (Å²) in [7, 11) is -10.1. The quantitative estimate of drug-likeness (QED) is 0.400. The van der Waals surface area contributed by atoms with E-state index < -0.39 is 15.6 Å². The summed E-state index contributed by atoms with van der Waals surface area (Å²) in [5.41, 5.74) is 0. The zero-order valence-corrected chi connectivity index (χ0v) is 9.37. The van der Waals surface area contributed by atoms with Gasteiger partial charge >= 0.3 is 15.6 Å². The number of hydrogen-bond donors (Lipinski definition) is 4. The molecule has 0 amide bonds. The first-order valence-electron chi connectivity index (χ1n) is 1.53. The summed E-state index contributed by atoms with van der Waals surface area (Å²) < 4.78 is 22.2. The van der Waals surface area contributed by atoms with Crippen molar-refractivity contribution in [2.24, 2.45) is 0 Å². The van der Waals surface area contributed by atoms with Crippen molar-refractivity contribution in [2.45, 2.75) is 7.43 Å². The van der Waals surface area contributed by atoms with Crippen LogP contribution in [-0.4, -0.2) is 19.6 Å². The first-order chi connectivity index (χ1) is 3.71. The van der Waals surface area contributed by atoms with Crippen LogP contribution in [0.15, 0.2) is 0 Å². The summed E-state index contributed by atoms with van der Waals surface area (Å²) in [5.74, 6) is 0. The van der Waals surface area contributed by atoms with Gasteiger partial charge in [0.15, 0.2) is 0 Å². The monoisotopic (exact) mass is 258 g/mol. The van der Waals surface area contributed by atoms with Crippen LogP contribution < -0.4 is 0 Å². The van der Waals surface area contributed by atoms with Crippen molar-refractivity contribution in [2.75, 3.05) is 0 Å². The molecule has 0 spiro atoms. The zero-order chi connectivity index (χ0) is 7.71. The van der Waals surface area contributed by atoms with E-state index in [4.69, 9.17) is 19.6 Å². The first kappa shape index (κ1) is 17.8. The minimum absolute atomic E-state index is 0. The van der Waals surface area contributed by atoms with Gasteiger partial charge in [0, 0.05) is 19.5 Å². The molecule has 0 radical (unpaired) electrons. The van der Waals surface area contributed by atoms with E-state index in [-0.39, 0.29) is 26.9 Å². The van der Waals surface area contributed by atoms with E-state index >= 15 is 0 Å². The average molecular weight is 259 g/mol. The molecule has 0 aliphatic rings. The van der Waals surface area contributed by atoms with Crippen LogP contribution in [0.4, 0.5) is 0 Å². The van der Waals surface area contributed by atoms with Crippen LogP contribution in [-0.2, 0) is 32.9 Å². The van der Waals surface area contributed by atoms with Crippen molar-refractivity contribution in [1.82, 2.24) is 0 Å². The molecule has 0 bridgehead atoms. The van der Waals surface area contributed by atoms with Crippen LogP contribution in [0.5, 0.6) is 0 Å². The van der Waals surface area contributed by atoms with Gasteiger partial charge in [-0.3, -0.25) is 0 Å². The Bertz CT molecular complexity index is 157. The minimum atomic E-state index is -5.05. The van der Waals surface area contributed by atoms with Gasteiger partial charge in [0.25, 0.3) is 0 Å². The second-order valence-corrected chi connectivity index (χ2v) is 3.68. The molecule has 0 aliphatic heterocycles. The van der Waals surface area contributed by atoms with Crippen molar-refractivity contribution in [1.29, 1.82) is 0 Å². The van der Waals surface area contributed by atoms with Gasteiger partial charge in [0.05, 0.1) is 0 Å². The number of hydrogen-bond acceptors (Lipinski definition) is 3. The van der Waals surface area contributed by atoms with Gasteiger partial charge in [0.1, 0.15) is 0 Å². The third-order valence-electron chi connectivity index (χ3n) is 0.213. The van der Waals surface area contributed by atoms with E-state index in [0.717, 1.165) is 0 Å². The molecule has 4 N–H and O–H groups in total. The van der Waals surface area contributed by atoms with Crippen LogP contribution in [0.2, 0.25) is 0 Å². The first-order valence-corrected chi connectivity index (χ1v) is 4.59. The van der Waals surface area contributed by atoms with Gasteiger partial charge in [-0.1, -0.05) is 7.43 Å². The predicted octanol–water partition coefficient (Wildman–Crippen LogP) is -0.178. The third-order valence-corrected chi connectivity index (χ3v) is 1.91. The maximum absolute atomic E-state index is 9.63. The average Bonchev–Trinajstić information content (AvgIpc) is 1.14. The Morgan fingerprint density at radius 3 is 1.09 bits per heavy atom. The van der Waals surface area contributed by atoms with Crippen molar-refractivity contribution in [3.63, 3.8) is 0 Å². The summed E-state index contributed by atoms with van der Waals surface area (Å²) in [5, 5.41) is 0. The summed E-state index contributed by atoms with van der Waals surface area (Å²) in [4.78, 5) is 31.0. The fourth-order valence-corrected chi connectivity index (χ4v) is 1.25. The SMILES string of the molecule is C.O=P(O)(O)OP(=O)(O)O.[Zn]. The van der Waals surface area contributed by atoms with E-state index in [1.165, 1.54) is 0 Å². The summed E-state index contributed by atoms with van der Waals surface area (Å²) >= 11 is 0. The molecule has 7 nitrogen and oxygen atoms in total. The predicted molar refractivity (Wildman–Crippen MR) is 31.9 cm³/mol. The maximum Gasteiger partial charge on any atom is 0.478 e. The fourth-order valence-electron chi connectivity index (χ4n) is 0.139. The number of phosphoric acid groups is 2. The van der Waals surface area contributed by atoms with Gasteiger partial charge in [-0.05, 0) is 0 Å². The summed E-state index contributed by atoms with van der Waals surface area (Å²) in [6.45, 7) is 0. The second kappa shape index (κ2) is 5.52. The van der Waals surface area contributed by atoms with Crippen molar-refractivity contribution >= 4 is 15.6 Å². The van der Waals surface area contributed by atoms with Crippen LogP contribution in [0.1, 0.15) is 7.43 Å². The molecule has 0 heterocycles. The van der Waals surface area contributed by atoms with E-state index in [9.17, 15) is 9.13 Å². The molecule has 0 atom stereocenters. The molecule has 10 heteroatoms. The van der Waals surface area contributed by atoms with Gasteiger partial charge in [-0.25, -0.2) is 9.13 Å². The standard InChI is InChI=1S/CH4.H4O7P2.Zn/c;1-8(2,3)7-9(4,5)6;/h1H4;(H2,1,2,3)(H2,4,5,6);. The molecule has 0 unspecified atom stereocenters. The minimum Gasteiger partial charge on any atom is -0.302 e. The molecule has 0 saturated carbocycles. The van der Waals surface area contributed by atoms with Crippen LogP contribution in [0.3, 0.4) is 0 Å². The fraction of sp³-hybridized carbons (Fsp3) is 1.00. The zero-order valence-electron chi connectivity index (χ0n) is 4.62. The van der Waals surface area contributed by atoms with Crippen LogP contribution in [0, 0.1) is 0 Å². The Morgan fingerprint density at radius 1 is 0.909 bits per heavy atom. The molecule has 0 rings (SSSR count). The van der Waals surface area contributed by atoms with E-state index in [1.54, 1.807) is 0 Å². The summed E-state index contributed by atoms with van der Waals surface area (Å²) in [6, 6.07) is 0. The molecule has 0 fully saturated rings. The van der Waals surface area contributed by atoms with E-state index in [1.807, 2.05) is 0 Å². The van der Waals surface area contributed by atoms with Crippen molar-refractivity contribution in [3.8, 4) is 0 Å². The van der Waals surface area contributed by atoms with Gasteiger partial charge in [-0.15, -0.1) is 0 Å². The Kier molecular flexibility index (Phi) is 8.94. The molecule has 66 valence electrons. The number of rotatable bonds is 2. The molecule has 0 aliphatic carbocycles. The topological polar surface area (TPSA) is 124 Å². The van der Waals surface area contributed by atoms with Crippen molar-refractivity contribution in [3.05, 3.63) is 0 Å². The molecule has 11 heavy (non-hydrogen) atoms. The second-order valence-electron chi connectivity index (χ2n) is 1.06. The largest absolute Gasteiger partial charge is 0.478 e. The smallest absolute Gasteiger partial charge is 0.302 e. The molecule has 0 aromatic heterocycles.